The average molecular weight is 471 g/mol. The first-order valence-corrected chi connectivity index (χ1v) is 3.70. The number of carbonyl (C=O) groups excluding carboxylic acids is 2. The molecule has 0 rings (SSSR count). The molecule has 0 bridgehead atoms. The van der Waals surface area contributed by atoms with E-state index in [1.165, 1.54) is 0 Å². The van der Waals surface area contributed by atoms with Crippen molar-refractivity contribution in [3.05, 3.63) is 0 Å². The molecule has 0 amide bonds. The Balaban J connectivity index is -0.0000000675. The van der Waals surface area contributed by atoms with Crippen LogP contribution in [0.4, 0.5) is 39.5 Å². The van der Waals surface area contributed by atoms with E-state index in [9.17, 15) is 39.5 Å². The van der Waals surface area contributed by atoms with Crippen LogP contribution in [0.15, 0.2) is 0 Å². The summed E-state index contributed by atoms with van der Waals surface area (Å²) in [6, 6.07) is 0. The predicted molar refractivity (Wildman–Crippen MR) is 35.8 cm³/mol. The Morgan fingerprint density at radius 2 is 0.739 bits per heavy atom. The molecular weight excluding hydrogens is 470 g/mol. The second-order valence-corrected chi connectivity index (χ2v) is 2.37. The molecule has 136 valence electrons. The van der Waals surface area contributed by atoms with Crippen molar-refractivity contribution in [2.75, 3.05) is 0 Å². The molecule has 0 aliphatic rings. The van der Waals surface area contributed by atoms with Crippen molar-refractivity contribution in [3.8, 4) is 0 Å². The molecule has 17 heteroatoms. The van der Waals surface area contributed by atoms with Crippen LogP contribution in [0.5, 0.6) is 0 Å². The Kier molecular flexibility index (Phi) is 19.0. The van der Waals surface area contributed by atoms with Crippen molar-refractivity contribution in [2.45, 2.75) is 18.5 Å². The number of carboxylic acid groups (broad SMARTS) is 3. The summed E-state index contributed by atoms with van der Waals surface area (Å²) in [6.07, 6.45) is -15.5. The second-order valence-electron chi connectivity index (χ2n) is 2.37. The molecule has 0 spiro atoms. The number of halogens is 9. The van der Waals surface area contributed by atoms with Gasteiger partial charge in [-0.2, -0.15) is 39.5 Å². The van der Waals surface area contributed by atoms with E-state index in [2.05, 4.69) is 0 Å². The molecule has 0 atom stereocenters. The predicted octanol–water partition coefficient (Wildman–Crippen LogP) is -3.77. The fourth-order valence-corrected chi connectivity index (χ4v) is 0. The molecule has 0 heterocycles. The molecule has 0 aromatic rings. The van der Waals surface area contributed by atoms with Gasteiger partial charge in [-0.05, 0) is 0 Å². The van der Waals surface area contributed by atoms with Gasteiger partial charge in [0.05, 0.1) is 0 Å². The zero-order valence-corrected chi connectivity index (χ0v) is 13.7. The fourth-order valence-electron chi connectivity index (χ4n) is 0. The van der Waals surface area contributed by atoms with E-state index in [0.29, 0.717) is 0 Å². The van der Waals surface area contributed by atoms with Crippen LogP contribution in [0.3, 0.4) is 0 Å². The fraction of sp³-hybridized carbons (Fsp3) is 0.500. The largest absolute Gasteiger partial charge is 1.00 e. The van der Waals surface area contributed by atoms with Crippen molar-refractivity contribution in [1.29, 1.82) is 0 Å². The number of carbonyl (C=O) groups is 3. The Bertz CT molecular complexity index is 319. The summed E-state index contributed by atoms with van der Waals surface area (Å²) in [6.45, 7) is 0. The Hall–Kier alpha value is -0.480. The summed E-state index contributed by atoms with van der Waals surface area (Å²) >= 11 is 0. The van der Waals surface area contributed by atoms with E-state index in [-0.39, 0.29) is 51.9 Å². The van der Waals surface area contributed by atoms with E-state index in [4.69, 9.17) is 29.7 Å². The van der Waals surface area contributed by atoms with Crippen LogP contribution in [0.2, 0.25) is 0 Å². The molecule has 0 aliphatic carbocycles. The minimum atomic E-state index is -5.19. The van der Waals surface area contributed by atoms with Gasteiger partial charge in [-0.15, -0.1) is 0 Å². The molecule has 23 heavy (non-hydrogen) atoms. The first-order valence-electron chi connectivity index (χ1n) is 3.70. The van der Waals surface area contributed by atoms with Crippen molar-refractivity contribution in [1.82, 2.24) is 0 Å². The van der Waals surface area contributed by atoms with Gasteiger partial charge >= 0.3 is 76.4 Å². The SMILES string of the molecule is O=C(O)C(F)(F)F.O=C([O-])C(F)(F)F.O=C([O-])C(F)(F)F.[Ag+].[Na+]. The van der Waals surface area contributed by atoms with Gasteiger partial charge in [0, 0.05) is 0 Å². The molecule has 6 nitrogen and oxygen atoms in total. The van der Waals surface area contributed by atoms with Crippen LogP contribution in [0.25, 0.3) is 0 Å². The van der Waals surface area contributed by atoms with Crippen molar-refractivity contribution < 1.29 is 121 Å². The smallest absolute Gasteiger partial charge is 0.542 e. The van der Waals surface area contributed by atoms with Crippen LogP contribution < -0.4 is 39.8 Å². The van der Waals surface area contributed by atoms with Crippen LogP contribution in [0.1, 0.15) is 0 Å². The number of aliphatic carboxylic acids is 3. The summed E-state index contributed by atoms with van der Waals surface area (Å²) in [7, 11) is 0. The Morgan fingerprint density at radius 3 is 0.739 bits per heavy atom. The monoisotopic (exact) mass is 470 g/mol. The summed E-state index contributed by atoms with van der Waals surface area (Å²) in [5.74, 6) is -8.77. The van der Waals surface area contributed by atoms with E-state index in [1.807, 2.05) is 0 Å². The van der Waals surface area contributed by atoms with Gasteiger partial charge in [-0.3, -0.25) is 0 Å². The first-order chi connectivity index (χ1) is 8.83. The zero-order valence-electron chi connectivity index (χ0n) is 10.2. The van der Waals surface area contributed by atoms with Gasteiger partial charge in [0.2, 0.25) is 0 Å². The maximum atomic E-state index is 10.6. The molecule has 0 fully saturated rings. The first kappa shape index (κ1) is 34.0. The third-order valence-corrected chi connectivity index (χ3v) is 0.705. The van der Waals surface area contributed by atoms with E-state index < -0.39 is 36.4 Å². The minimum absolute atomic E-state index is 0. The number of carboxylic acids is 3. The third kappa shape index (κ3) is 26.7. The molecule has 1 N–H and O–H groups in total. The summed E-state index contributed by atoms with van der Waals surface area (Å²) in [5, 5.41) is 24.7. The zero-order chi connectivity index (χ0) is 18.2. The quantitative estimate of drug-likeness (QED) is 0.287. The van der Waals surface area contributed by atoms with Crippen molar-refractivity contribution >= 4 is 17.9 Å². The molecule has 0 radical (unpaired) electrons. The second kappa shape index (κ2) is 12.9. The van der Waals surface area contributed by atoms with Crippen molar-refractivity contribution in [2.24, 2.45) is 0 Å². The molecule has 0 aliphatic heterocycles. The molecule has 0 aromatic carbocycles. The maximum Gasteiger partial charge on any atom is 1.00 e. The van der Waals surface area contributed by atoms with Crippen LogP contribution >= 0.6 is 0 Å². The van der Waals surface area contributed by atoms with E-state index in [1.54, 1.807) is 0 Å². The normalized spacial score (nSPS) is 10.3. The standard InChI is InChI=1S/3C2HF3O2.Ag.Na/c3*3-2(4,5)1(6)7;;/h3*(H,6,7);;/q;;;2*+1/p-2. The Labute approximate surface area is 157 Å². The Morgan fingerprint density at radius 1 is 0.652 bits per heavy atom. The molecule has 0 aromatic heterocycles. The van der Waals surface area contributed by atoms with E-state index in [0.717, 1.165) is 0 Å². The van der Waals surface area contributed by atoms with Crippen LogP contribution in [-0.4, -0.2) is 41.5 Å². The summed E-state index contributed by atoms with van der Waals surface area (Å²) < 4.78 is 94.8. The van der Waals surface area contributed by atoms with Gasteiger partial charge in [0.25, 0.3) is 0 Å². The van der Waals surface area contributed by atoms with Gasteiger partial charge in [-0.1, -0.05) is 0 Å². The van der Waals surface area contributed by atoms with E-state index >= 15 is 0 Å². The van der Waals surface area contributed by atoms with Gasteiger partial charge in [0.15, 0.2) is 0 Å². The van der Waals surface area contributed by atoms with Crippen LogP contribution in [0, 0.1) is 0 Å². The topological polar surface area (TPSA) is 118 Å². The third-order valence-electron chi connectivity index (χ3n) is 0.705. The molecule has 0 saturated carbocycles. The number of hydrogen-bond donors (Lipinski definition) is 1. The van der Waals surface area contributed by atoms with Gasteiger partial charge in [-0.25, -0.2) is 4.79 Å². The number of rotatable bonds is 0. The van der Waals surface area contributed by atoms with Gasteiger partial charge in [0.1, 0.15) is 11.9 Å². The number of alkyl halides is 9. The molecule has 0 unspecified atom stereocenters. The summed E-state index contributed by atoms with van der Waals surface area (Å²) in [5.41, 5.74) is 0. The van der Waals surface area contributed by atoms with Crippen LogP contribution in [-0.2, 0) is 36.8 Å². The molecular formula is C6HAgF9NaO6. The maximum absolute atomic E-state index is 10.6. The number of hydrogen-bond acceptors (Lipinski definition) is 5. The average Bonchev–Trinajstić information content (AvgIpc) is 2.14. The van der Waals surface area contributed by atoms with Crippen molar-refractivity contribution in [3.63, 3.8) is 0 Å². The molecule has 0 saturated heterocycles. The minimum Gasteiger partial charge on any atom is -0.542 e. The van der Waals surface area contributed by atoms with Gasteiger partial charge < -0.3 is 24.9 Å². The summed E-state index contributed by atoms with van der Waals surface area (Å²) in [4.78, 5) is 26.5.